The van der Waals surface area contributed by atoms with Crippen LogP contribution in [0.4, 0.5) is 23.1 Å². The minimum absolute atomic E-state index is 0.0786. The standard InChI is InChI=1S/C26H29N7O/c1-3-33(4-2)16-15-27-25(34)19-9-11-21(12-10-19)31-26-28-14-13-24(32-26)30-22-17-20-7-5-6-8-23(20)29-18-22/h5-14,17-18H,3-4,15-16H2,1-2H3,(H,27,34)(H2,28,30,31,32). The van der Waals surface area contributed by atoms with Gasteiger partial charge in [0.05, 0.1) is 17.4 Å². The molecule has 0 fully saturated rings. The molecule has 8 nitrogen and oxygen atoms in total. The Kier molecular flexibility index (Phi) is 7.62. The number of likely N-dealkylation sites (N-methyl/N-ethyl adjacent to an activating group) is 1. The molecule has 3 N–H and O–H groups in total. The van der Waals surface area contributed by atoms with Crippen molar-refractivity contribution in [2.45, 2.75) is 13.8 Å². The van der Waals surface area contributed by atoms with E-state index in [0.717, 1.165) is 41.9 Å². The highest BCUT2D eigenvalue weighted by molar-refractivity contribution is 5.94. The van der Waals surface area contributed by atoms with E-state index in [-0.39, 0.29) is 5.91 Å². The first-order chi connectivity index (χ1) is 16.6. The van der Waals surface area contributed by atoms with Crippen molar-refractivity contribution in [1.82, 2.24) is 25.2 Å². The molecule has 0 aliphatic heterocycles. The van der Waals surface area contributed by atoms with Gasteiger partial charge in [0.25, 0.3) is 5.91 Å². The highest BCUT2D eigenvalue weighted by atomic mass is 16.1. The Labute approximate surface area is 199 Å². The molecule has 0 saturated heterocycles. The molecular weight excluding hydrogens is 426 g/mol. The van der Waals surface area contributed by atoms with E-state index in [1.54, 1.807) is 30.6 Å². The van der Waals surface area contributed by atoms with Crippen LogP contribution in [0.2, 0.25) is 0 Å². The van der Waals surface area contributed by atoms with E-state index in [2.05, 4.69) is 49.6 Å². The minimum atomic E-state index is -0.0786. The predicted molar refractivity (Wildman–Crippen MR) is 137 cm³/mol. The molecule has 0 bridgehead atoms. The molecule has 0 radical (unpaired) electrons. The van der Waals surface area contributed by atoms with Crippen LogP contribution >= 0.6 is 0 Å². The van der Waals surface area contributed by atoms with Gasteiger partial charge in [0.2, 0.25) is 5.95 Å². The average molecular weight is 456 g/mol. The molecular formula is C26H29N7O. The van der Waals surface area contributed by atoms with Gasteiger partial charge in [-0.2, -0.15) is 4.98 Å². The number of hydrogen-bond acceptors (Lipinski definition) is 7. The van der Waals surface area contributed by atoms with Crippen LogP contribution in [0.15, 0.2) is 73.1 Å². The quantitative estimate of drug-likeness (QED) is 0.322. The van der Waals surface area contributed by atoms with Crippen LogP contribution in [-0.4, -0.2) is 51.9 Å². The van der Waals surface area contributed by atoms with Crippen LogP contribution in [-0.2, 0) is 0 Å². The fourth-order valence-corrected chi connectivity index (χ4v) is 3.58. The molecule has 2 heterocycles. The molecule has 2 aromatic heterocycles. The number of rotatable bonds is 10. The number of carbonyl (C=O) groups excluding carboxylic acids is 1. The first kappa shape index (κ1) is 23.1. The number of aromatic nitrogens is 3. The summed E-state index contributed by atoms with van der Waals surface area (Å²) in [5.74, 6) is 1.03. The summed E-state index contributed by atoms with van der Waals surface area (Å²) in [6.45, 7) is 7.66. The van der Waals surface area contributed by atoms with E-state index >= 15 is 0 Å². The Morgan fingerprint density at radius 1 is 0.912 bits per heavy atom. The second-order valence-corrected chi connectivity index (χ2v) is 7.79. The number of para-hydroxylation sites is 1. The number of benzene rings is 2. The maximum Gasteiger partial charge on any atom is 0.251 e. The molecule has 0 atom stereocenters. The SMILES string of the molecule is CCN(CC)CCNC(=O)c1ccc(Nc2nccc(Nc3cnc4ccccc4c3)n2)cc1. The van der Waals surface area contributed by atoms with E-state index < -0.39 is 0 Å². The molecule has 2 aromatic carbocycles. The van der Waals surface area contributed by atoms with Gasteiger partial charge in [0, 0.05) is 35.9 Å². The summed E-state index contributed by atoms with van der Waals surface area (Å²) < 4.78 is 0. The normalized spacial score (nSPS) is 10.9. The summed E-state index contributed by atoms with van der Waals surface area (Å²) in [7, 11) is 0. The summed E-state index contributed by atoms with van der Waals surface area (Å²) in [6, 6.07) is 19.1. The summed E-state index contributed by atoms with van der Waals surface area (Å²) in [5.41, 5.74) is 3.20. The molecule has 8 heteroatoms. The van der Waals surface area contributed by atoms with Crippen LogP contribution in [0.25, 0.3) is 10.9 Å². The Hall–Kier alpha value is -4.04. The number of carbonyl (C=O) groups is 1. The van der Waals surface area contributed by atoms with Crippen molar-refractivity contribution in [2.24, 2.45) is 0 Å². The topological polar surface area (TPSA) is 95.1 Å². The Morgan fingerprint density at radius 2 is 1.71 bits per heavy atom. The average Bonchev–Trinajstić information content (AvgIpc) is 2.87. The Bertz CT molecular complexity index is 1240. The molecule has 34 heavy (non-hydrogen) atoms. The van der Waals surface area contributed by atoms with E-state index in [9.17, 15) is 4.79 Å². The number of anilines is 4. The van der Waals surface area contributed by atoms with Crippen molar-refractivity contribution in [3.05, 3.63) is 78.6 Å². The number of nitrogens with zero attached hydrogens (tertiary/aromatic N) is 4. The number of fused-ring (bicyclic) bond motifs is 1. The van der Waals surface area contributed by atoms with Crippen LogP contribution in [0.3, 0.4) is 0 Å². The zero-order valence-electron chi connectivity index (χ0n) is 19.5. The summed E-state index contributed by atoms with van der Waals surface area (Å²) in [6.07, 6.45) is 3.47. The van der Waals surface area contributed by atoms with Gasteiger partial charge in [-0.05, 0) is 55.6 Å². The van der Waals surface area contributed by atoms with Crippen molar-refractivity contribution in [3.8, 4) is 0 Å². The molecule has 4 aromatic rings. The first-order valence-electron chi connectivity index (χ1n) is 11.5. The number of pyridine rings is 1. The van der Waals surface area contributed by atoms with Crippen molar-refractivity contribution in [3.63, 3.8) is 0 Å². The molecule has 0 spiro atoms. The maximum atomic E-state index is 12.4. The lowest BCUT2D eigenvalue weighted by Gasteiger charge is -2.18. The highest BCUT2D eigenvalue weighted by Gasteiger charge is 2.07. The highest BCUT2D eigenvalue weighted by Crippen LogP contribution is 2.20. The van der Waals surface area contributed by atoms with Crippen molar-refractivity contribution in [2.75, 3.05) is 36.8 Å². The van der Waals surface area contributed by atoms with Gasteiger partial charge in [-0.3, -0.25) is 9.78 Å². The number of amides is 1. The number of hydrogen-bond donors (Lipinski definition) is 3. The third-order valence-electron chi connectivity index (χ3n) is 5.53. The third-order valence-corrected chi connectivity index (χ3v) is 5.53. The molecule has 0 aliphatic carbocycles. The fraction of sp³-hybridized carbons (Fsp3) is 0.231. The lowest BCUT2D eigenvalue weighted by molar-refractivity contribution is 0.0949. The maximum absolute atomic E-state index is 12.4. The van der Waals surface area contributed by atoms with Gasteiger partial charge < -0.3 is 20.9 Å². The second kappa shape index (κ2) is 11.2. The molecule has 174 valence electrons. The monoisotopic (exact) mass is 455 g/mol. The van der Waals surface area contributed by atoms with E-state index in [4.69, 9.17) is 0 Å². The first-order valence-corrected chi connectivity index (χ1v) is 11.5. The summed E-state index contributed by atoms with van der Waals surface area (Å²) in [4.78, 5) is 27.9. The zero-order valence-corrected chi connectivity index (χ0v) is 19.5. The molecule has 4 rings (SSSR count). The van der Waals surface area contributed by atoms with E-state index in [0.29, 0.717) is 23.9 Å². The lowest BCUT2D eigenvalue weighted by Crippen LogP contribution is -2.34. The number of nitrogens with one attached hydrogen (secondary N) is 3. The van der Waals surface area contributed by atoms with Gasteiger partial charge >= 0.3 is 0 Å². The second-order valence-electron chi connectivity index (χ2n) is 7.79. The van der Waals surface area contributed by atoms with Gasteiger partial charge in [-0.1, -0.05) is 32.0 Å². The lowest BCUT2D eigenvalue weighted by atomic mass is 10.2. The van der Waals surface area contributed by atoms with Gasteiger partial charge in [-0.15, -0.1) is 0 Å². The molecule has 1 amide bonds. The molecule has 0 saturated carbocycles. The Morgan fingerprint density at radius 3 is 2.50 bits per heavy atom. The minimum Gasteiger partial charge on any atom is -0.351 e. The van der Waals surface area contributed by atoms with Crippen LogP contribution in [0.5, 0.6) is 0 Å². The summed E-state index contributed by atoms with van der Waals surface area (Å²) in [5, 5.41) is 10.5. The largest absolute Gasteiger partial charge is 0.351 e. The van der Waals surface area contributed by atoms with Crippen LogP contribution < -0.4 is 16.0 Å². The van der Waals surface area contributed by atoms with Crippen molar-refractivity contribution in [1.29, 1.82) is 0 Å². The van der Waals surface area contributed by atoms with Crippen molar-refractivity contribution >= 4 is 40.0 Å². The Balaban J connectivity index is 1.35. The van der Waals surface area contributed by atoms with E-state index in [1.165, 1.54) is 0 Å². The van der Waals surface area contributed by atoms with Crippen LogP contribution in [0.1, 0.15) is 24.2 Å². The van der Waals surface area contributed by atoms with Crippen molar-refractivity contribution < 1.29 is 4.79 Å². The predicted octanol–water partition coefficient (Wildman–Crippen LogP) is 4.58. The van der Waals surface area contributed by atoms with Gasteiger partial charge in [-0.25, -0.2) is 4.98 Å². The molecule has 0 unspecified atom stereocenters. The van der Waals surface area contributed by atoms with Gasteiger partial charge in [0.1, 0.15) is 5.82 Å². The summed E-state index contributed by atoms with van der Waals surface area (Å²) >= 11 is 0. The smallest absolute Gasteiger partial charge is 0.251 e. The zero-order chi connectivity index (χ0) is 23.8. The third kappa shape index (κ3) is 6.05. The van der Waals surface area contributed by atoms with E-state index in [1.807, 2.05) is 42.5 Å². The van der Waals surface area contributed by atoms with Gasteiger partial charge in [0.15, 0.2) is 0 Å². The van der Waals surface area contributed by atoms with Crippen LogP contribution in [0, 0.1) is 0 Å². The fourth-order valence-electron chi connectivity index (χ4n) is 3.58. The molecule has 0 aliphatic rings.